The Bertz CT molecular complexity index is 362. The van der Waals surface area contributed by atoms with Crippen LogP contribution in [-0.4, -0.2) is 23.1 Å². The lowest BCUT2D eigenvalue weighted by Crippen LogP contribution is -2.37. The first-order chi connectivity index (χ1) is 7.34. The van der Waals surface area contributed by atoms with Gasteiger partial charge in [0.2, 0.25) is 0 Å². The summed E-state index contributed by atoms with van der Waals surface area (Å²) in [5.41, 5.74) is 0. The van der Waals surface area contributed by atoms with Gasteiger partial charge in [0.05, 0.1) is 6.10 Å². The van der Waals surface area contributed by atoms with Crippen molar-refractivity contribution in [2.75, 3.05) is 5.75 Å². The molecule has 2 atom stereocenters. The number of ether oxygens (including phenoxy) is 1. The van der Waals surface area contributed by atoms with Crippen LogP contribution in [0.3, 0.4) is 0 Å². The number of aliphatic hydroxyl groups excluding tert-OH is 1. The number of thioether (sulfide) groups is 1. The Balaban J connectivity index is 1.76. The second-order valence-electron chi connectivity index (χ2n) is 4.24. The summed E-state index contributed by atoms with van der Waals surface area (Å²) >= 11 is 1.79. The highest BCUT2D eigenvalue weighted by Gasteiger charge is 2.38. The van der Waals surface area contributed by atoms with E-state index < -0.39 is 0 Å². The standard InChI is InChI=1S/C12H14O2S/c13-12(8-5-6-8)10-7-15-11-4-2-1-3-9(11)14-10/h1-4,8,10,12-13H,5-7H2. The Morgan fingerprint density at radius 1 is 1.33 bits per heavy atom. The second kappa shape index (κ2) is 3.72. The molecule has 1 saturated carbocycles. The van der Waals surface area contributed by atoms with Crippen molar-refractivity contribution in [3.63, 3.8) is 0 Å². The third kappa shape index (κ3) is 1.86. The lowest BCUT2D eigenvalue weighted by molar-refractivity contribution is 0.0317. The van der Waals surface area contributed by atoms with Crippen molar-refractivity contribution in [3.05, 3.63) is 24.3 Å². The highest BCUT2D eigenvalue weighted by Crippen LogP contribution is 2.40. The van der Waals surface area contributed by atoms with Gasteiger partial charge >= 0.3 is 0 Å². The number of hydrogen-bond acceptors (Lipinski definition) is 3. The fraction of sp³-hybridized carbons (Fsp3) is 0.500. The first kappa shape index (κ1) is 9.55. The summed E-state index contributed by atoms with van der Waals surface area (Å²) in [6.07, 6.45) is 2.03. The van der Waals surface area contributed by atoms with Crippen LogP contribution in [0.15, 0.2) is 29.2 Å². The number of fused-ring (bicyclic) bond motifs is 1. The maximum Gasteiger partial charge on any atom is 0.134 e. The Morgan fingerprint density at radius 2 is 2.13 bits per heavy atom. The number of rotatable bonds is 2. The molecule has 15 heavy (non-hydrogen) atoms. The number of hydrogen-bond donors (Lipinski definition) is 1. The van der Waals surface area contributed by atoms with Gasteiger partial charge in [0, 0.05) is 10.6 Å². The smallest absolute Gasteiger partial charge is 0.134 e. The van der Waals surface area contributed by atoms with Gasteiger partial charge < -0.3 is 9.84 Å². The van der Waals surface area contributed by atoms with Gasteiger partial charge in [0.1, 0.15) is 11.9 Å². The van der Waals surface area contributed by atoms with Gasteiger partial charge in [-0.25, -0.2) is 0 Å². The third-order valence-electron chi connectivity index (χ3n) is 3.02. The molecule has 1 aliphatic heterocycles. The van der Waals surface area contributed by atoms with Gasteiger partial charge in [0.15, 0.2) is 0 Å². The number of benzene rings is 1. The molecular weight excluding hydrogens is 208 g/mol. The number of aliphatic hydroxyl groups is 1. The first-order valence-corrected chi connectivity index (χ1v) is 6.40. The van der Waals surface area contributed by atoms with E-state index in [1.54, 1.807) is 11.8 Å². The van der Waals surface area contributed by atoms with Crippen molar-refractivity contribution < 1.29 is 9.84 Å². The molecule has 1 aromatic carbocycles. The van der Waals surface area contributed by atoms with Crippen LogP contribution < -0.4 is 4.74 Å². The minimum atomic E-state index is -0.272. The van der Waals surface area contributed by atoms with Crippen LogP contribution >= 0.6 is 11.8 Å². The van der Waals surface area contributed by atoms with Crippen LogP contribution in [0.1, 0.15) is 12.8 Å². The van der Waals surface area contributed by atoms with Crippen molar-refractivity contribution in [3.8, 4) is 5.75 Å². The molecule has 0 aromatic heterocycles. The maximum atomic E-state index is 10.0. The highest BCUT2D eigenvalue weighted by molar-refractivity contribution is 7.99. The molecule has 2 aliphatic rings. The molecule has 3 rings (SSSR count). The summed E-state index contributed by atoms with van der Waals surface area (Å²) in [4.78, 5) is 1.19. The highest BCUT2D eigenvalue weighted by atomic mass is 32.2. The van der Waals surface area contributed by atoms with Crippen LogP contribution in [0.5, 0.6) is 5.75 Å². The van der Waals surface area contributed by atoms with E-state index in [1.165, 1.54) is 4.90 Å². The van der Waals surface area contributed by atoms with Crippen molar-refractivity contribution in [2.24, 2.45) is 5.92 Å². The van der Waals surface area contributed by atoms with Gasteiger partial charge in [-0.2, -0.15) is 0 Å². The Morgan fingerprint density at radius 3 is 2.93 bits per heavy atom. The molecule has 2 unspecified atom stereocenters. The lowest BCUT2D eigenvalue weighted by Gasteiger charge is -2.29. The molecule has 1 aromatic rings. The third-order valence-corrected chi connectivity index (χ3v) is 4.16. The summed E-state index contributed by atoms with van der Waals surface area (Å²) in [5, 5.41) is 10.0. The SMILES string of the molecule is OC(C1CC1)C1CSc2ccccc2O1. The molecule has 0 radical (unpaired) electrons. The maximum absolute atomic E-state index is 10.0. The molecule has 0 spiro atoms. The zero-order chi connectivity index (χ0) is 10.3. The molecule has 3 heteroatoms. The Kier molecular flexibility index (Phi) is 2.37. The molecule has 1 N–H and O–H groups in total. The summed E-state index contributed by atoms with van der Waals surface area (Å²) in [6, 6.07) is 8.05. The van der Waals surface area contributed by atoms with Crippen molar-refractivity contribution in [1.29, 1.82) is 0 Å². The van der Waals surface area contributed by atoms with Crippen LogP contribution in [-0.2, 0) is 0 Å². The molecule has 1 fully saturated rings. The van der Waals surface area contributed by atoms with Crippen LogP contribution in [0.4, 0.5) is 0 Å². The van der Waals surface area contributed by atoms with E-state index in [2.05, 4.69) is 6.07 Å². The summed E-state index contributed by atoms with van der Waals surface area (Å²) in [7, 11) is 0. The van der Waals surface area contributed by atoms with E-state index in [1.807, 2.05) is 18.2 Å². The molecule has 1 aliphatic carbocycles. The van der Waals surface area contributed by atoms with Crippen molar-refractivity contribution in [1.82, 2.24) is 0 Å². The molecule has 0 saturated heterocycles. The summed E-state index contributed by atoms with van der Waals surface area (Å²) in [6.45, 7) is 0. The largest absolute Gasteiger partial charge is 0.486 e. The van der Waals surface area contributed by atoms with Gasteiger partial charge in [-0.3, -0.25) is 0 Å². The fourth-order valence-electron chi connectivity index (χ4n) is 1.95. The van der Waals surface area contributed by atoms with E-state index >= 15 is 0 Å². The normalized spacial score (nSPS) is 26.6. The zero-order valence-electron chi connectivity index (χ0n) is 8.43. The van der Waals surface area contributed by atoms with Gasteiger partial charge in [-0.1, -0.05) is 12.1 Å². The predicted molar refractivity (Wildman–Crippen MR) is 60.3 cm³/mol. The predicted octanol–water partition coefficient (Wildman–Crippen LogP) is 2.31. The second-order valence-corrected chi connectivity index (χ2v) is 5.30. The molecule has 0 amide bonds. The minimum Gasteiger partial charge on any atom is -0.486 e. The molecule has 1 heterocycles. The average molecular weight is 222 g/mol. The Hall–Kier alpha value is -0.670. The van der Waals surface area contributed by atoms with Crippen molar-refractivity contribution >= 4 is 11.8 Å². The quantitative estimate of drug-likeness (QED) is 0.832. The van der Waals surface area contributed by atoms with E-state index in [0.717, 1.165) is 24.3 Å². The van der Waals surface area contributed by atoms with Gasteiger partial charge in [-0.15, -0.1) is 11.8 Å². The molecular formula is C12H14O2S. The van der Waals surface area contributed by atoms with E-state index in [0.29, 0.717) is 5.92 Å². The summed E-state index contributed by atoms with van der Waals surface area (Å²) < 4.78 is 5.82. The van der Waals surface area contributed by atoms with E-state index in [-0.39, 0.29) is 12.2 Å². The van der Waals surface area contributed by atoms with E-state index in [4.69, 9.17) is 4.74 Å². The molecule has 80 valence electrons. The fourth-order valence-corrected chi connectivity index (χ4v) is 2.99. The van der Waals surface area contributed by atoms with Gasteiger partial charge in [-0.05, 0) is 30.9 Å². The summed E-state index contributed by atoms with van der Waals surface area (Å²) in [5.74, 6) is 2.29. The van der Waals surface area contributed by atoms with Crippen LogP contribution in [0.25, 0.3) is 0 Å². The molecule has 2 nitrogen and oxygen atoms in total. The lowest BCUT2D eigenvalue weighted by atomic mass is 10.1. The van der Waals surface area contributed by atoms with Crippen molar-refractivity contribution in [2.45, 2.75) is 29.9 Å². The number of para-hydroxylation sites is 1. The topological polar surface area (TPSA) is 29.5 Å². The minimum absolute atomic E-state index is 0.0163. The molecule has 0 bridgehead atoms. The van der Waals surface area contributed by atoms with Crippen LogP contribution in [0, 0.1) is 5.92 Å². The Labute approximate surface area is 93.6 Å². The zero-order valence-corrected chi connectivity index (χ0v) is 9.24. The van der Waals surface area contributed by atoms with E-state index in [9.17, 15) is 5.11 Å². The van der Waals surface area contributed by atoms with Gasteiger partial charge in [0.25, 0.3) is 0 Å². The monoisotopic (exact) mass is 222 g/mol. The average Bonchev–Trinajstić information content (AvgIpc) is 3.11. The first-order valence-electron chi connectivity index (χ1n) is 5.41. The van der Waals surface area contributed by atoms with Crippen LogP contribution in [0.2, 0.25) is 0 Å².